The molecule has 1 aliphatic rings. The Morgan fingerprint density at radius 2 is 2.62 bits per heavy atom. The minimum Gasteiger partial charge on any atom is -0.378 e. The molecule has 1 aliphatic heterocycles. The van der Waals surface area contributed by atoms with Crippen LogP contribution < -0.4 is 5.32 Å². The molecule has 1 unspecified atom stereocenters. The Balaban J connectivity index is 1.59. The summed E-state index contributed by atoms with van der Waals surface area (Å²) in [6, 6.07) is 0. The summed E-state index contributed by atoms with van der Waals surface area (Å²) in [6.07, 6.45) is 1.17. The molecule has 1 N–H and O–H groups in total. The normalized spacial score (nSPS) is 21.2. The van der Waals surface area contributed by atoms with E-state index in [1.807, 2.05) is 12.4 Å². The average molecular weight is 242 g/mol. The summed E-state index contributed by atoms with van der Waals surface area (Å²) < 4.78 is 11.2. The third kappa shape index (κ3) is 3.52. The molecule has 16 heavy (non-hydrogen) atoms. The van der Waals surface area contributed by atoms with Crippen molar-refractivity contribution in [2.75, 3.05) is 32.9 Å². The lowest BCUT2D eigenvalue weighted by Crippen LogP contribution is -2.41. The fraction of sp³-hybridized carbons (Fsp3) is 0.727. The molecular formula is C11H18N2O2S. The summed E-state index contributed by atoms with van der Waals surface area (Å²) in [5, 5.41) is 3.29. The molecule has 1 fully saturated rings. The van der Waals surface area contributed by atoms with E-state index in [9.17, 15) is 0 Å². The van der Waals surface area contributed by atoms with Gasteiger partial charge in [-0.1, -0.05) is 0 Å². The Morgan fingerprint density at radius 3 is 3.31 bits per heavy atom. The molecule has 2 heterocycles. The van der Waals surface area contributed by atoms with Crippen LogP contribution in [0.4, 0.5) is 0 Å². The summed E-state index contributed by atoms with van der Waals surface area (Å²) in [4.78, 5) is 5.54. The molecule has 2 rings (SSSR count). The predicted octanol–water partition coefficient (Wildman–Crippen LogP) is 0.999. The summed E-state index contributed by atoms with van der Waals surface area (Å²) in [5.74, 6) is 0. The lowest BCUT2D eigenvalue weighted by molar-refractivity contribution is -0.0306. The highest BCUT2D eigenvalue weighted by molar-refractivity contribution is 7.09. The Bertz CT molecular complexity index is 311. The highest BCUT2D eigenvalue weighted by atomic mass is 32.1. The third-order valence-electron chi connectivity index (χ3n) is 2.63. The van der Waals surface area contributed by atoms with Gasteiger partial charge in [-0.05, 0) is 6.92 Å². The van der Waals surface area contributed by atoms with E-state index in [4.69, 9.17) is 9.47 Å². The van der Waals surface area contributed by atoms with Gasteiger partial charge in [0.05, 0.1) is 37.1 Å². The van der Waals surface area contributed by atoms with Gasteiger partial charge in [0.15, 0.2) is 0 Å². The first-order chi connectivity index (χ1) is 7.86. The summed E-state index contributed by atoms with van der Waals surface area (Å²) >= 11 is 1.70. The van der Waals surface area contributed by atoms with Crippen molar-refractivity contribution in [1.82, 2.24) is 10.3 Å². The van der Waals surface area contributed by atoms with Gasteiger partial charge in [0.1, 0.15) is 0 Å². The maximum Gasteiger partial charge on any atom is 0.0933 e. The molecule has 0 aromatic carbocycles. The van der Waals surface area contributed by atoms with Gasteiger partial charge in [0.2, 0.25) is 0 Å². The van der Waals surface area contributed by atoms with Gasteiger partial charge in [-0.3, -0.25) is 0 Å². The van der Waals surface area contributed by atoms with Gasteiger partial charge in [-0.15, -0.1) is 11.3 Å². The number of hydrogen-bond acceptors (Lipinski definition) is 5. The van der Waals surface area contributed by atoms with Gasteiger partial charge >= 0.3 is 0 Å². The quantitative estimate of drug-likeness (QED) is 0.782. The Labute approximate surface area is 100.0 Å². The third-order valence-corrected chi connectivity index (χ3v) is 3.62. The molecule has 0 aliphatic carbocycles. The number of aryl methyl sites for hydroxylation is 1. The number of morpholine rings is 1. The van der Waals surface area contributed by atoms with Crippen LogP contribution in [0.3, 0.4) is 0 Å². The zero-order valence-corrected chi connectivity index (χ0v) is 10.4. The van der Waals surface area contributed by atoms with Gasteiger partial charge in [-0.25, -0.2) is 4.98 Å². The minimum atomic E-state index is 0.219. The van der Waals surface area contributed by atoms with Gasteiger partial charge in [0, 0.05) is 24.4 Å². The maximum absolute atomic E-state index is 5.62. The molecule has 0 bridgehead atoms. The van der Waals surface area contributed by atoms with E-state index in [0.29, 0.717) is 6.61 Å². The lowest BCUT2D eigenvalue weighted by atomic mass is 10.3. The first-order valence-corrected chi connectivity index (χ1v) is 6.53. The van der Waals surface area contributed by atoms with E-state index >= 15 is 0 Å². The number of rotatable bonds is 5. The van der Waals surface area contributed by atoms with Crippen LogP contribution in [0.5, 0.6) is 0 Å². The standard InChI is InChI=1S/C11H18N2O2S/c1-9-11(16-8-13-9)2-4-14-7-10-6-12-3-5-15-10/h8,10,12H,2-7H2,1H3. The van der Waals surface area contributed by atoms with Crippen LogP contribution in [0.2, 0.25) is 0 Å². The fourth-order valence-electron chi connectivity index (χ4n) is 1.67. The van der Waals surface area contributed by atoms with Crippen LogP contribution in [0.15, 0.2) is 5.51 Å². The Kier molecular flexibility index (Phi) is 4.71. The van der Waals surface area contributed by atoms with E-state index in [0.717, 1.165) is 38.4 Å². The molecule has 1 aromatic rings. The van der Waals surface area contributed by atoms with E-state index in [1.165, 1.54) is 4.88 Å². The second kappa shape index (κ2) is 6.30. The summed E-state index contributed by atoms with van der Waals surface area (Å²) in [5.41, 5.74) is 3.02. The minimum absolute atomic E-state index is 0.219. The molecule has 4 nitrogen and oxygen atoms in total. The summed E-state index contributed by atoms with van der Waals surface area (Å²) in [6.45, 7) is 6.13. The van der Waals surface area contributed by atoms with Crippen molar-refractivity contribution in [3.63, 3.8) is 0 Å². The van der Waals surface area contributed by atoms with Crippen LogP contribution in [-0.4, -0.2) is 44.0 Å². The van der Waals surface area contributed by atoms with Crippen molar-refractivity contribution < 1.29 is 9.47 Å². The van der Waals surface area contributed by atoms with E-state index in [-0.39, 0.29) is 6.10 Å². The SMILES string of the molecule is Cc1ncsc1CCOCC1CNCCO1. The maximum atomic E-state index is 5.62. The van der Waals surface area contributed by atoms with Gasteiger partial charge in [-0.2, -0.15) is 0 Å². The number of nitrogens with one attached hydrogen (secondary N) is 1. The molecular weight excluding hydrogens is 224 g/mol. The van der Waals surface area contributed by atoms with Gasteiger partial charge in [0.25, 0.3) is 0 Å². The van der Waals surface area contributed by atoms with Crippen molar-refractivity contribution >= 4 is 11.3 Å². The number of nitrogens with zero attached hydrogens (tertiary/aromatic N) is 1. The van der Waals surface area contributed by atoms with Crippen LogP contribution in [0, 0.1) is 6.92 Å². The van der Waals surface area contributed by atoms with Crippen LogP contribution in [0.1, 0.15) is 10.6 Å². The molecule has 0 spiro atoms. The van der Waals surface area contributed by atoms with E-state index in [2.05, 4.69) is 10.3 Å². The zero-order chi connectivity index (χ0) is 11.2. The number of thiazole rings is 1. The summed E-state index contributed by atoms with van der Waals surface area (Å²) in [7, 11) is 0. The number of hydrogen-bond donors (Lipinski definition) is 1. The van der Waals surface area contributed by atoms with Crippen LogP contribution in [-0.2, 0) is 15.9 Å². The monoisotopic (exact) mass is 242 g/mol. The number of aromatic nitrogens is 1. The highest BCUT2D eigenvalue weighted by Gasteiger charge is 2.13. The highest BCUT2D eigenvalue weighted by Crippen LogP contribution is 2.12. The molecule has 0 amide bonds. The van der Waals surface area contributed by atoms with Crippen LogP contribution >= 0.6 is 11.3 Å². The van der Waals surface area contributed by atoms with Crippen molar-refractivity contribution in [1.29, 1.82) is 0 Å². The fourth-order valence-corrected chi connectivity index (χ4v) is 2.44. The lowest BCUT2D eigenvalue weighted by Gasteiger charge is -2.23. The first kappa shape index (κ1) is 12.0. The number of ether oxygens (including phenoxy) is 2. The molecule has 5 heteroatoms. The molecule has 90 valence electrons. The van der Waals surface area contributed by atoms with E-state index < -0.39 is 0 Å². The molecule has 1 atom stereocenters. The first-order valence-electron chi connectivity index (χ1n) is 5.65. The van der Waals surface area contributed by atoms with Crippen molar-refractivity contribution in [3.8, 4) is 0 Å². The largest absolute Gasteiger partial charge is 0.378 e. The zero-order valence-electron chi connectivity index (χ0n) is 9.57. The molecule has 0 saturated carbocycles. The second-order valence-corrected chi connectivity index (χ2v) is 4.82. The molecule has 0 radical (unpaired) electrons. The predicted molar refractivity (Wildman–Crippen MR) is 64.0 cm³/mol. The smallest absolute Gasteiger partial charge is 0.0933 e. The van der Waals surface area contributed by atoms with Gasteiger partial charge < -0.3 is 14.8 Å². The Hall–Kier alpha value is -0.490. The topological polar surface area (TPSA) is 43.4 Å². The Morgan fingerprint density at radius 1 is 1.69 bits per heavy atom. The molecule has 1 saturated heterocycles. The van der Waals surface area contributed by atoms with Crippen molar-refractivity contribution in [2.45, 2.75) is 19.4 Å². The van der Waals surface area contributed by atoms with Crippen molar-refractivity contribution in [3.05, 3.63) is 16.1 Å². The second-order valence-electron chi connectivity index (χ2n) is 3.88. The average Bonchev–Trinajstić information content (AvgIpc) is 2.72. The molecule has 1 aromatic heterocycles. The van der Waals surface area contributed by atoms with E-state index in [1.54, 1.807) is 11.3 Å². The van der Waals surface area contributed by atoms with Crippen LogP contribution in [0.25, 0.3) is 0 Å². The van der Waals surface area contributed by atoms with Crippen molar-refractivity contribution in [2.24, 2.45) is 0 Å².